The first kappa shape index (κ1) is 19.6. The van der Waals surface area contributed by atoms with Crippen molar-refractivity contribution in [1.29, 1.82) is 0 Å². The van der Waals surface area contributed by atoms with Crippen LogP contribution in [0.2, 0.25) is 5.02 Å². The Morgan fingerprint density at radius 3 is 2.17 bits per heavy atom. The van der Waals surface area contributed by atoms with E-state index in [2.05, 4.69) is 60.1 Å². The molecule has 0 saturated heterocycles. The van der Waals surface area contributed by atoms with Crippen LogP contribution in [-0.4, -0.2) is 28.3 Å². The number of rotatable bonds is 7. The van der Waals surface area contributed by atoms with E-state index in [0.29, 0.717) is 11.6 Å². The lowest BCUT2D eigenvalue weighted by Crippen LogP contribution is -3.08. The molecular formula is C24H25ClN3O+. The number of imidazole rings is 1. The maximum absolute atomic E-state index is 9.60. The highest BCUT2D eigenvalue weighted by Crippen LogP contribution is 2.22. The molecule has 3 aromatic carbocycles. The molecule has 1 unspecified atom stereocenters. The van der Waals surface area contributed by atoms with E-state index >= 15 is 0 Å². The molecule has 0 aliphatic heterocycles. The molecule has 1 aromatic heterocycles. The second-order valence-electron chi connectivity index (χ2n) is 7.31. The summed E-state index contributed by atoms with van der Waals surface area (Å²) in [6.07, 6.45) is 0. The number of nitrogens with one attached hydrogen (secondary N) is 1. The Morgan fingerprint density at radius 2 is 1.59 bits per heavy atom. The number of aliphatic hydroxyl groups excluding tert-OH is 1. The molecule has 1 atom stereocenters. The summed E-state index contributed by atoms with van der Waals surface area (Å²) in [5, 5.41) is 10.3. The highest BCUT2D eigenvalue weighted by Gasteiger charge is 2.25. The maximum Gasteiger partial charge on any atom is 0.165 e. The fourth-order valence-corrected chi connectivity index (χ4v) is 4.20. The quantitative estimate of drug-likeness (QED) is 0.493. The summed E-state index contributed by atoms with van der Waals surface area (Å²) in [4.78, 5) is 6.16. The molecule has 4 nitrogen and oxygen atoms in total. The minimum absolute atomic E-state index is 0.0603. The van der Waals surface area contributed by atoms with Crippen molar-refractivity contribution in [1.82, 2.24) is 9.55 Å². The Bertz CT molecular complexity index is 1040. The van der Waals surface area contributed by atoms with Crippen LogP contribution < -0.4 is 4.90 Å². The Balaban J connectivity index is 1.73. The molecule has 0 saturated carbocycles. The van der Waals surface area contributed by atoms with Crippen molar-refractivity contribution in [3.63, 3.8) is 0 Å². The topological polar surface area (TPSA) is 42.5 Å². The van der Waals surface area contributed by atoms with Crippen molar-refractivity contribution in [3.8, 4) is 0 Å². The van der Waals surface area contributed by atoms with Gasteiger partial charge in [-0.3, -0.25) is 0 Å². The molecule has 0 bridgehead atoms. The van der Waals surface area contributed by atoms with Gasteiger partial charge in [-0.2, -0.15) is 0 Å². The number of aliphatic hydroxyl groups is 1. The van der Waals surface area contributed by atoms with Gasteiger partial charge in [-0.15, -0.1) is 0 Å². The minimum atomic E-state index is 0.0603. The van der Waals surface area contributed by atoms with Crippen LogP contribution in [0.1, 0.15) is 23.0 Å². The van der Waals surface area contributed by atoms with Crippen molar-refractivity contribution >= 4 is 22.6 Å². The number of benzene rings is 3. The first-order chi connectivity index (χ1) is 14.2. The third-order valence-electron chi connectivity index (χ3n) is 5.31. The van der Waals surface area contributed by atoms with Crippen molar-refractivity contribution in [2.24, 2.45) is 0 Å². The third-order valence-corrected chi connectivity index (χ3v) is 5.54. The van der Waals surface area contributed by atoms with Crippen LogP contribution in [-0.2, 0) is 13.1 Å². The largest absolute Gasteiger partial charge is 0.395 e. The molecule has 0 spiro atoms. The van der Waals surface area contributed by atoms with E-state index in [1.165, 1.54) is 16.0 Å². The van der Waals surface area contributed by atoms with Gasteiger partial charge < -0.3 is 14.6 Å². The van der Waals surface area contributed by atoms with Crippen LogP contribution >= 0.6 is 11.6 Å². The van der Waals surface area contributed by atoms with Gasteiger partial charge in [0.15, 0.2) is 5.82 Å². The number of hydrogen-bond donors (Lipinski definition) is 2. The van der Waals surface area contributed by atoms with E-state index in [0.717, 1.165) is 23.4 Å². The number of halogens is 1. The van der Waals surface area contributed by atoms with Gasteiger partial charge in [0.2, 0.25) is 0 Å². The SMILES string of the molecule is C[NH+](Cc1nc2ccc(Cl)cc2n1CCO)C(c1ccccc1)c1ccccc1. The van der Waals surface area contributed by atoms with Gasteiger partial charge in [0.25, 0.3) is 0 Å². The molecule has 0 fully saturated rings. The summed E-state index contributed by atoms with van der Waals surface area (Å²) < 4.78 is 2.08. The predicted octanol–water partition coefficient (Wildman–Crippen LogP) is 3.49. The monoisotopic (exact) mass is 406 g/mol. The molecule has 0 radical (unpaired) electrons. The number of aromatic nitrogens is 2. The minimum Gasteiger partial charge on any atom is -0.395 e. The molecule has 0 amide bonds. The lowest BCUT2D eigenvalue weighted by atomic mass is 9.97. The second-order valence-corrected chi connectivity index (χ2v) is 7.75. The Hall–Kier alpha value is -2.66. The van der Waals surface area contributed by atoms with Crippen molar-refractivity contribution in [2.75, 3.05) is 13.7 Å². The maximum atomic E-state index is 9.60. The van der Waals surface area contributed by atoms with Crippen LogP contribution in [0.15, 0.2) is 78.9 Å². The molecule has 5 heteroatoms. The molecule has 29 heavy (non-hydrogen) atoms. The predicted molar refractivity (Wildman–Crippen MR) is 117 cm³/mol. The normalized spacial score (nSPS) is 12.6. The highest BCUT2D eigenvalue weighted by atomic mass is 35.5. The standard InChI is InChI=1S/C24H24ClN3O/c1-27(24(18-8-4-2-5-9-18)19-10-6-3-7-11-19)17-23-26-21-13-12-20(25)16-22(21)28(23)14-15-29/h2-13,16,24,29H,14-15,17H2,1H3/p+1. The smallest absolute Gasteiger partial charge is 0.165 e. The van der Waals surface area contributed by atoms with Gasteiger partial charge >= 0.3 is 0 Å². The summed E-state index contributed by atoms with van der Waals surface area (Å²) in [6.45, 7) is 1.28. The number of quaternary nitrogens is 1. The Labute approximate surface area is 176 Å². The average Bonchev–Trinajstić information content (AvgIpc) is 3.06. The van der Waals surface area contributed by atoms with E-state index in [1.54, 1.807) is 0 Å². The third kappa shape index (κ3) is 4.20. The summed E-state index contributed by atoms with van der Waals surface area (Å²) in [5.74, 6) is 0.950. The van der Waals surface area contributed by atoms with E-state index in [9.17, 15) is 5.11 Å². The molecule has 148 valence electrons. The van der Waals surface area contributed by atoms with Crippen molar-refractivity contribution in [3.05, 3.63) is 101 Å². The fraction of sp³-hybridized carbons (Fsp3) is 0.208. The summed E-state index contributed by atoms with van der Waals surface area (Å²) in [5.41, 5.74) is 4.40. The van der Waals surface area contributed by atoms with Crippen LogP contribution in [0.5, 0.6) is 0 Å². The Kier molecular flexibility index (Phi) is 5.95. The van der Waals surface area contributed by atoms with Crippen molar-refractivity contribution < 1.29 is 10.0 Å². The van der Waals surface area contributed by atoms with Crippen LogP contribution in [0.4, 0.5) is 0 Å². The first-order valence-electron chi connectivity index (χ1n) is 9.85. The van der Waals surface area contributed by atoms with Gasteiger partial charge in [-0.1, -0.05) is 72.3 Å². The molecule has 0 aliphatic carbocycles. The molecule has 1 heterocycles. The van der Waals surface area contributed by atoms with Crippen LogP contribution in [0.25, 0.3) is 11.0 Å². The number of nitrogens with zero attached hydrogens (tertiary/aromatic N) is 2. The van der Waals surface area contributed by atoms with Crippen LogP contribution in [0.3, 0.4) is 0 Å². The lowest BCUT2D eigenvalue weighted by Gasteiger charge is -2.26. The molecule has 4 rings (SSSR count). The average molecular weight is 407 g/mol. The van der Waals surface area contributed by atoms with E-state index in [1.807, 2.05) is 30.3 Å². The lowest BCUT2D eigenvalue weighted by molar-refractivity contribution is -0.920. The summed E-state index contributed by atoms with van der Waals surface area (Å²) in [7, 11) is 2.19. The number of hydrogen-bond acceptors (Lipinski definition) is 2. The molecule has 0 aliphatic rings. The number of fused-ring (bicyclic) bond motifs is 1. The fourth-order valence-electron chi connectivity index (χ4n) is 4.03. The van der Waals surface area contributed by atoms with E-state index in [4.69, 9.17) is 16.6 Å². The van der Waals surface area contributed by atoms with Crippen LogP contribution in [0, 0.1) is 0 Å². The van der Waals surface area contributed by atoms with E-state index in [-0.39, 0.29) is 12.6 Å². The van der Waals surface area contributed by atoms with Gasteiger partial charge in [0.05, 0.1) is 24.7 Å². The van der Waals surface area contributed by atoms with Gasteiger partial charge in [-0.25, -0.2) is 4.98 Å². The van der Waals surface area contributed by atoms with Gasteiger partial charge in [0.1, 0.15) is 12.6 Å². The van der Waals surface area contributed by atoms with Gasteiger partial charge in [0, 0.05) is 22.7 Å². The van der Waals surface area contributed by atoms with Crippen molar-refractivity contribution in [2.45, 2.75) is 19.1 Å². The van der Waals surface area contributed by atoms with Gasteiger partial charge in [-0.05, 0) is 18.2 Å². The van der Waals surface area contributed by atoms with E-state index < -0.39 is 0 Å². The molecule has 4 aromatic rings. The second kappa shape index (κ2) is 8.78. The molecular weight excluding hydrogens is 382 g/mol. The first-order valence-corrected chi connectivity index (χ1v) is 10.2. The highest BCUT2D eigenvalue weighted by molar-refractivity contribution is 6.31. The zero-order valence-corrected chi connectivity index (χ0v) is 17.2. The molecule has 2 N–H and O–H groups in total. The Morgan fingerprint density at radius 1 is 0.966 bits per heavy atom. The zero-order valence-electron chi connectivity index (χ0n) is 16.4. The summed E-state index contributed by atoms with van der Waals surface area (Å²) in [6, 6.07) is 27.0. The zero-order chi connectivity index (χ0) is 20.2. The summed E-state index contributed by atoms with van der Waals surface area (Å²) >= 11 is 6.21.